The third-order valence-electron chi connectivity index (χ3n) is 3.75. The Morgan fingerprint density at radius 1 is 1.42 bits per heavy atom. The van der Waals surface area contributed by atoms with Crippen LogP contribution in [0.5, 0.6) is 0 Å². The van der Waals surface area contributed by atoms with E-state index in [0.717, 1.165) is 12.8 Å². The van der Waals surface area contributed by atoms with Gasteiger partial charge in [0.2, 0.25) is 0 Å². The topological polar surface area (TPSA) is 34.1 Å². The van der Waals surface area contributed by atoms with Gasteiger partial charge in [-0.2, -0.15) is 0 Å². The third-order valence-corrected chi connectivity index (χ3v) is 5.79. The van der Waals surface area contributed by atoms with Crippen LogP contribution in [0.3, 0.4) is 0 Å². The number of rotatable bonds is 5. The van der Waals surface area contributed by atoms with Crippen molar-refractivity contribution in [2.24, 2.45) is 5.92 Å². The molecule has 0 bridgehead atoms. The van der Waals surface area contributed by atoms with Crippen LogP contribution in [0.4, 0.5) is 0 Å². The Hall–Kier alpha value is -0.670. The summed E-state index contributed by atoms with van der Waals surface area (Å²) in [5.74, 6) is 1.13. The van der Waals surface area contributed by atoms with Crippen molar-refractivity contribution < 1.29 is 9.00 Å². The Morgan fingerprint density at radius 3 is 2.74 bits per heavy atom. The molecule has 4 heteroatoms. The zero-order valence-electron chi connectivity index (χ0n) is 11.1. The highest BCUT2D eigenvalue weighted by Gasteiger charge is 2.25. The number of carbonyl (C=O) groups excluding carboxylic acids is 1. The van der Waals surface area contributed by atoms with Gasteiger partial charge in [0.25, 0.3) is 0 Å². The van der Waals surface area contributed by atoms with E-state index in [-0.39, 0.29) is 5.78 Å². The maximum Gasteiger partial charge on any atom is 0.178 e. The maximum absolute atomic E-state index is 12.3. The Balaban J connectivity index is 1.99. The van der Waals surface area contributed by atoms with E-state index in [1.54, 1.807) is 31.2 Å². The standard InChI is InChI=1S/C15H19ClO2S/c1-11(19(18)10-12-5-2-3-6-12)15(17)13-7-4-8-14(16)9-13/h4,7-9,11-12H,2-3,5-6,10H2,1H3. The molecule has 19 heavy (non-hydrogen) atoms. The van der Waals surface area contributed by atoms with Crippen molar-refractivity contribution in [3.63, 3.8) is 0 Å². The summed E-state index contributed by atoms with van der Waals surface area (Å²) < 4.78 is 12.3. The molecule has 2 atom stereocenters. The number of hydrogen-bond acceptors (Lipinski definition) is 2. The molecule has 1 fully saturated rings. The zero-order valence-corrected chi connectivity index (χ0v) is 12.7. The van der Waals surface area contributed by atoms with E-state index < -0.39 is 16.0 Å². The molecule has 1 aliphatic rings. The SMILES string of the molecule is CC(C(=O)c1cccc(Cl)c1)S(=O)CC1CCCC1. The van der Waals surface area contributed by atoms with Crippen LogP contribution in [-0.4, -0.2) is 21.0 Å². The summed E-state index contributed by atoms with van der Waals surface area (Å²) in [6.45, 7) is 1.76. The van der Waals surface area contributed by atoms with Crippen molar-refractivity contribution in [1.82, 2.24) is 0 Å². The van der Waals surface area contributed by atoms with Gasteiger partial charge in [-0.15, -0.1) is 0 Å². The lowest BCUT2D eigenvalue weighted by molar-refractivity contribution is 0.0992. The molecule has 104 valence electrons. The lowest BCUT2D eigenvalue weighted by Crippen LogP contribution is -2.26. The average molecular weight is 299 g/mol. The van der Waals surface area contributed by atoms with Gasteiger partial charge in [-0.3, -0.25) is 9.00 Å². The Kier molecular flexibility index (Phi) is 5.17. The summed E-state index contributed by atoms with van der Waals surface area (Å²) in [6, 6.07) is 6.87. The van der Waals surface area contributed by atoms with Gasteiger partial charge in [-0.1, -0.05) is 36.6 Å². The number of halogens is 1. The number of carbonyl (C=O) groups is 1. The average Bonchev–Trinajstić information content (AvgIpc) is 2.89. The summed E-state index contributed by atoms with van der Waals surface area (Å²) in [4.78, 5) is 12.3. The van der Waals surface area contributed by atoms with Crippen LogP contribution in [0.2, 0.25) is 5.02 Å². The highest BCUT2D eigenvalue weighted by atomic mass is 35.5. The predicted octanol–water partition coefficient (Wildman–Crippen LogP) is 3.85. The lowest BCUT2D eigenvalue weighted by atomic mass is 10.1. The Bertz CT molecular complexity index is 481. The van der Waals surface area contributed by atoms with Crippen molar-refractivity contribution >= 4 is 28.2 Å². The summed E-state index contributed by atoms with van der Waals surface area (Å²) in [5, 5.41) is 0.0960. The minimum atomic E-state index is -1.08. The largest absolute Gasteiger partial charge is 0.293 e. The molecule has 1 saturated carbocycles. The van der Waals surface area contributed by atoms with E-state index in [1.807, 2.05) is 0 Å². The number of hydrogen-bond donors (Lipinski definition) is 0. The number of ketones is 1. The fraction of sp³-hybridized carbons (Fsp3) is 0.533. The van der Waals surface area contributed by atoms with Crippen molar-refractivity contribution in [1.29, 1.82) is 0 Å². The van der Waals surface area contributed by atoms with E-state index in [4.69, 9.17) is 11.6 Å². The molecular formula is C15H19ClO2S. The van der Waals surface area contributed by atoms with E-state index in [2.05, 4.69) is 0 Å². The van der Waals surface area contributed by atoms with Crippen LogP contribution in [0.15, 0.2) is 24.3 Å². The first-order valence-electron chi connectivity index (χ1n) is 6.75. The predicted molar refractivity (Wildman–Crippen MR) is 80.2 cm³/mol. The monoisotopic (exact) mass is 298 g/mol. The summed E-state index contributed by atoms with van der Waals surface area (Å²) in [6.07, 6.45) is 4.78. The number of benzene rings is 1. The van der Waals surface area contributed by atoms with Crippen molar-refractivity contribution in [3.8, 4) is 0 Å². The first-order chi connectivity index (χ1) is 9.08. The van der Waals surface area contributed by atoms with Crippen LogP contribution >= 0.6 is 11.6 Å². The molecule has 2 rings (SSSR count). The second-order valence-corrected chi connectivity index (χ2v) is 7.45. The molecule has 0 aromatic heterocycles. The van der Waals surface area contributed by atoms with Gasteiger partial charge in [-0.25, -0.2) is 0 Å². The molecule has 0 heterocycles. The summed E-state index contributed by atoms with van der Waals surface area (Å²) in [7, 11) is -1.08. The van der Waals surface area contributed by atoms with Crippen LogP contribution in [0.25, 0.3) is 0 Å². The van der Waals surface area contributed by atoms with E-state index >= 15 is 0 Å². The molecule has 0 aliphatic heterocycles. The van der Waals surface area contributed by atoms with Gasteiger partial charge in [0.1, 0.15) is 0 Å². The fourth-order valence-corrected chi connectivity index (χ4v) is 4.20. The molecule has 0 spiro atoms. The van der Waals surface area contributed by atoms with Crippen molar-refractivity contribution in [2.45, 2.75) is 37.9 Å². The molecule has 2 nitrogen and oxygen atoms in total. The van der Waals surface area contributed by atoms with Crippen molar-refractivity contribution in [2.75, 3.05) is 5.75 Å². The summed E-state index contributed by atoms with van der Waals surface area (Å²) >= 11 is 5.88. The van der Waals surface area contributed by atoms with Gasteiger partial charge in [0.05, 0.1) is 5.25 Å². The fourth-order valence-electron chi connectivity index (χ4n) is 2.55. The van der Waals surface area contributed by atoms with E-state index in [9.17, 15) is 9.00 Å². The molecule has 1 aliphatic carbocycles. The first kappa shape index (κ1) is 14.7. The quantitative estimate of drug-likeness (QED) is 0.774. The molecule has 1 aromatic rings. The van der Waals surface area contributed by atoms with E-state index in [0.29, 0.717) is 22.3 Å². The molecule has 0 amide bonds. The zero-order chi connectivity index (χ0) is 13.8. The minimum Gasteiger partial charge on any atom is -0.293 e. The van der Waals surface area contributed by atoms with Gasteiger partial charge >= 0.3 is 0 Å². The van der Waals surface area contributed by atoms with Gasteiger partial charge in [0, 0.05) is 27.1 Å². The van der Waals surface area contributed by atoms with Crippen LogP contribution in [0.1, 0.15) is 43.0 Å². The highest BCUT2D eigenvalue weighted by molar-refractivity contribution is 7.86. The smallest absolute Gasteiger partial charge is 0.178 e. The number of Topliss-reactive ketones (excluding diaryl/α,β-unsaturated/α-hetero) is 1. The second kappa shape index (κ2) is 6.67. The van der Waals surface area contributed by atoms with Crippen LogP contribution in [0, 0.1) is 5.92 Å². The molecule has 0 saturated heterocycles. The highest BCUT2D eigenvalue weighted by Crippen LogP contribution is 2.26. The molecule has 0 N–H and O–H groups in total. The third kappa shape index (κ3) is 3.90. The molecular weight excluding hydrogens is 280 g/mol. The van der Waals surface area contributed by atoms with Crippen LogP contribution in [-0.2, 0) is 10.8 Å². The van der Waals surface area contributed by atoms with Crippen molar-refractivity contribution in [3.05, 3.63) is 34.9 Å². The normalized spacial score (nSPS) is 19.3. The molecule has 1 aromatic carbocycles. The molecule has 2 unspecified atom stereocenters. The second-order valence-electron chi connectivity index (χ2n) is 5.21. The Labute approximate surface area is 122 Å². The summed E-state index contributed by atoms with van der Waals surface area (Å²) in [5.41, 5.74) is 0.555. The van der Waals surface area contributed by atoms with Gasteiger partial charge in [-0.05, 0) is 37.8 Å². The van der Waals surface area contributed by atoms with Gasteiger partial charge < -0.3 is 0 Å². The lowest BCUT2D eigenvalue weighted by Gasteiger charge is -2.14. The van der Waals surface area contributed by atoms with Gasteiger partial charge in [0.15, 0.2) is 5.78 Å². The first-order valence-corrected chi connectivity index (χ1v) is 8.51. The van der Waals surface area contributed by atoms with Crippen LogP contribution < -0.4 is 0 Å². The van der Waals surface area contributed by atoms with E-state index in [1.165, 1.54) is 12.8 Å². The minimum absolute atomic E-state index is 0.0705. The maximum atomic E-state index is 12.3. The molecule has 0 radical (unpaired) electrons. The Morgan fingerprint density at radius 2 is 2.11 bits per heavy atom.